The molecular weight excluding hydrogens is 256 g/mol. The SMILES string of the molecule is CC(Cc1c(F)cccc1F)NC(C)c1ccccc1. The molecule has 0 saturated carbocycles. The Morgan fingerprint density at radius 3 is 2.10 bits per heavy atom. The standard InChI is InChI=1S/C17H19F2N/c1-12(11-15-16(18)9-6-10-17(15)19)20-13(2)14-7-4-3-5-8-14/h3-10,12-13,20H,11H2,1-2H3. The number of rotatable bonds is 5. The van der Waals surface area contributed by atoms with Crippen molar-refractivity contribution in [2.75, 3.05) is 0 Å². The average molecular weight is 275 g/mol. The Balaban J connectivity index is 2.01. The molecule has 2 aromatic carbocycles. The Morgan fingerprint density at radius 2 is 1.50 bits per heavy atom. The Bertz CT molecular complexity index is 534. The van der Waals surface area contributed by atoms with Crippen LogP contribution in [0.3, 0.4) is 0 Å². The van der Waals surface area contributed by atoms with Crippen LogP contribution in [0.1, 0.15) is 31.0 Å². The first-order chi connectivity index (χ1) is 9.58. The molecule has 2 rings (SSSR count). The van der Waals surface area contributed by atoms with E-state index in [1.807, 2.05) is 44.2 Å². The smallest absolute Gasteiger partial charge is 0.129 e. The van der Waals surface area contributed by atoms with Gasteiger partial charge in [0, 0.05) is 17.6 Å². The van der Waals surface area contributed by atoms with E-state index >= 15 is 0 Å². The van der Waals surface area contributed by atoms with Crippen LogP contribution in [0.4, 0.5) is 8.78 Å². The Labute approximate surface area is 118 Å². The minimum Gasteiger partial charge on any atom is -0.307 e. The molecule has 0 spiro atoms. The van der Waals surface area contributed by atoms with Gasteiger partial charge in [-0.05, 0) is 38.0 Å². The molecular formula is C17H19F2N. The Kier molecular flexibility index (Phi) is 4.85. The monoisotopic (exact) mass is 275 g/mol. The van der Waals surface area contributed by atoms with E-state index in [1.165, 1.54) is 18.2 Å². The van der Waals surface area contributed by atoms with Crippen molar-refractivity contribution < 1.29 is 8.78 Å². The first-order valence-electron chi connectivity index (χ1n) is 6.82. The van der Waals surface area contributed by atoms with Crippen molar-refractivity contribution in [3.63, 3.8) is 0 Å². The highest BCUT2D eigenvalue weighted by atomic mass is 19.1. The van der Waals surface area contributed by atoms with Gasteiger partial charge in [-0.15, -0.1) is 0 Å². The van der Waals surface area contributed by atoms with Gasteiger partial charge in [-0.3, -0.25) is 0 Å². The highest BCUT2D eigenvalue weighted by molar-refractivity contribution is 5.21. The summed E-state index contributed by atoms with van der Waals surface area (Å²) in [7, 11) is 0. The van der Waals surface area contributed by atoms with Crippen LogP contribution in [0, 0.1) is 11.6 Å². The average Bonchev–Trinajstić information content (AvgIpc) is 2.44. The fourth-order valence-corrected chi connectivity index (χ4v) is 2.36. The topological polar surface area (TPSA) is 12.0 Å². The molecule has 0 bridgehead atoms. The number of benzene rings is 2. The van der Waals surface area contributed by atoms with Crippen molar-refractivity contribution in [3.05, 3.63) is 71.3 Å². The molecule has 106 valence electrons. The molecule has 2 aromatic rings. The van der Waals surface area contributed by atoms with Crippen LogP contribution in [-0.2, 0) is 6.42 Å². The first-order valence-corrected chi connectivity index (χ1v) is 6.82. The molecule has 0 aliphatic carbocycles. The minimum absolute atomic E-state index is 0.0170. The van der Waals surface area contributed by atoms with Crippen LogP contribution in [0.2, 0.25) is 0 Å². The summed E-state index contributed by atoms with van der Waals surface area (Å²) in [6.07, 6.45) is 0.329. The zero-order valence-electron chi connectivity index (χ0n) is 11.7. The van der Waals surface area contributed by atoms with E-state index in [4.69, 9.17) is 0 Å². The number of nitrogens with one attached hydrogen (secondary N) is 1. The van der Waals surface area contributed by atoms with Crippen molar-refractivity contribution in [2.45, 2.75) is 32.4 Å². The molecule has 0 fully saturated rings. The summed E-state index contributed by atoms with van der Waals surface area (Å²) in [6, 6.07) is 14.1. The van der Waals surface area contributed by atoms with Gasteiger partial charge in [0.25, 0.3) is 0 Å². The molecule has 3 heteroatoms. The summed E-state index contributed by atoms with van der Waals surface area (Å²) in [5, 5.41) is 3.37. The number of hydrogen-bond acceptors (Lipinski definition) is 1. The third-order valence-electron chi connectivity index (χ3n) is 3.41. The van der Waals surface area contributed by atoms with Gasteiger partial charge in [0.05, 0.1) is 0 Å². The van der Waals surface area contributed by atoms with E-state index in [2.05, 4.69) is 5.32 Å². The third-order valence-corrected chi connectivity index (χ3v) is 3.41. The van der Waals surface area contributed by atoms with Gasteiger partial charge in [0.2, 0.25) is 0 Å². The molecule has 2 unspecified atom stereocenters. The molecule has 2 atom stereocenters. The van der Waals surface area contributed by atoms with Gasteiger partial charge in [-0.25, -0.2) is 8.78 Å². The van der Waals surface area contributed by atoms with Crippen LogP contribution in [0.25, 0.3) is 0 Å². The fraction of sp³-hybridized carbons (Fsp3) is 0.294. The van der Waals surface area contributed by atoms with Crippen LogP contribution < -0.4 is 5.32 Å². The molecule has 20 heavy (non-hydrogen) atoms. The van der Waals surface area contributed by atoms with E-state index in [0.717, 1.165) is 5.56 Å². The van der Waals surface area contributed by atoms with Crippen molar-refractivity contribution in [1.82, 2.24) is 5.32 Å². The Hall–Kier alpha value is -1.74. The molecule has 0 aliphatic heterocycles. The van der Waals surface area contributed by atoms with Gasteiger partial charge < -0.3 is 5.32 Å². The first kappa shape index (κ1) is 14.7. The molecule has 0 heterocycles. The minimum atomic E-state index is -0.481. The number of hydrogen-bond donors (Lipinski definition) is 1. The van der Waals surface area contributed by atoms with E-state index < -0.39 is 11.6 Å². The maximum atomic E-state index is 13.6. The van der Waals surface area contributed by atoms with Gasteiger partial charge in [0.15, 0.2) is 0 Å². The molecule has 0 saturated heterocycles. The predicted molar refractivity (Wildman–Crippen MR) is 77.5 cm³/mol. The highest BCUT2D eigenvalue weighted by Gasteiger charge is 2.14. The molecule has 0 aliphatic rings. The summed E-state index contributed by atoms with van der Waals surface area (Å²) in [5.41, 5.74) is 1.31. The van der Waals surface area contributed by atoms with Crippen LogP contribution in [-0.4, -0.2) is 6.04 Å². The largest absolute Gasteiger partial charge is 0.307 e. The predicted octanol–water partition coefficient (Wildman–Crippen LogP) is 4.25. The third kappa shape index (κ3) is 3.64. The van der Waals surface area contributed by atoms with Gasteiger partial charge in [0.1, 0.15) is 11.6 Å². The second-order valence-electron chi connectivity index (χ2n) is 5.10. The molecule has 1 nitrogen and oxygen atoms in total. The van der Waals surface area contributed by atoms with E-state index in [9.17, 15) is 8.78 Å². The summed E-state index contributed by atoms with van der Waals surface area (Å²) in [6.45, 7) is 3.98. The van der Waals surface area contributed by atoms with E-state index in [-0.39, 0.29) is 17.6 Å². The summed E-state index contributed by atoms with van der Waals surface area (Å²) < 4.78 is 27.2. The quantitative estimate of drug-likeness (QED) is 0.860. The van der Waals surface area contributed by atoms with E-state index in [0.29, 0.717) is 6.42 Å². The maximum absolute atomic E-state index is 13.6. The van der Waals surface area contributed by atoms with Crippen molar-refractivity contribution >= 4 is 0 Å². The van der Waals surface area contributed by atoms with Gasteiger partial charge in [-0.2, -0.15) is 0 Å². The fourth-order valence-electron chi connectivity index (χ4n) is 2.36. The lowest BCUT2D eigenvalue weighted by Crippen LogP contribution is -2.31. The molecule has 0 radical (unpaired) electrons. The lowest BCUT2D eigenvalue weighted by molar-refractivity contribution is 0.457. The van der Waals surface area contributed by atoms with Crippen molar-refractivity contribution in [2.24, 2.45) is 0 Å². The summed E-state index contributed by atoms with van der Waals surface area (Å²) >= 11 is 0. The zero-order valence-corrected chi connectivity index (χ0v) is 11.7. The van der Waals surface area contributed by atoms with Crippen molar-refractivity contribution in [1.29, 1.82) is 0 Å². The molecule has 1 N–H and O–H groups in total. The highest BCUT2D eigenvalue weighted by Crippen LogP contribution is 2.17. The van der Waals surface area contributed by atoms with E-state index in [1.54, 1.807) is 0 Å². The van der Waals surface area contributed by atoms with Crippen LogP contribution >= 0.6 is 0 Å². The Morgan fingerprint density at radius 1 is 0.900 bits per heavy atom. The molecule has 0 aromatic heterocycles. The summed E-state index contributed by atoms with van der Waals surface area (Å²) in [5.74, 6) is -0.961. The second-order valence-corrected chi connectivity index (χ2v) is 5.10. The lowest BCUT2D eigenvalue weighted by Gasteiger charge is -2.21. The van der Waals surface area contributed by atoms with Gasteiger partial charge in [-0.1, -0.05) is 36.4 Å². The second kappa shape index (κ2) is 6.62. The van der Waals surface area contributed by atoms with Crippen molar-refractivity contribution in [3.8, 4) is 0 Å². The van der Waals surface area contributed by atoms with Crippen LogP contribution in [0.15, 0.2) is 48.5 Å². The lowest BCUT2D eigenvalue weighted by atomic mass is 10.0. The summed E-state index contributed by atoms with van der Waals surface area (Å²) in [4.78, 5) is 0. The van der Waals surface area contributed by atoms with Gasteiger partial charge >= 0.3 is 0 Å². The number of halogens is 2. The van der Waals surface area contributed by atoms with Crippen LogP contribution in [0.5, 0.6) is 0 Å². The maximum Gasteiger partial charge on any atom is 0.129 e. The normalized spacial score (nSPS) is 14.0. The molecule has 0 amide bonds. The zero-order chi connectivity index (χ0) is 14.5.